The van der Waals surface area contributed by atoms with Gasteiger partial charge in [-0.25, -0.2) is 8.42 Å². The van der Waals surface area contributed by atoms with Gasteiger partial charge in [-0.15, -0.1) is 0 Å². The Balaban J connectivity index is 1.46. The lowest BCUT2D eigenvalue weighted by atomic mass is 10.1. The number of halogens is 1. The smallest absolute Gasteiger partial charge is 0.243 e. The number of anilines is 1. The summed E-state index contributed by atoms with van der Waals surface area (Å²) < 4.78 is 28.1. The van der Waals surface area contributed by atoms with Crippen LogP contribution >= 0.6 is 11.6 Å². The van der Waals surface area contributed by atoms with Gasteiger partial charge >= 0.3 is 0 Å². The first-order valence-electron chi connectivity index (χ1n) is 11.3. The van der Waals surface area contributed by atoms with Gasteiger partial charge in [0.25, 0.3) is 0 Å². The monoisotopic (exact) mass is 497 g/mol. The summed E-state index contributed by atoms with van der Waals surface area (Å²) in [5, 5.41) is 0.460. The first-order chi connectivity index (χ1) is 16.4. The molecule has 1 saturated heterocycles. The van der Waals surface area contributed by atoms with E-state index in [1.165, 1.54) is 16.4 Å². The topological polar surface area (TPSA) is 60.9 Å². The van der Waals surface area contributed by atoms with Crippen molar-refractivity contribution in [1.82, 2.24) is 9.21 Å². The van der Waals surface area contributed by atoms with E-state index in [2.05, 4.69) is 17.0 Å². The first-order valence-corrected chi connectivity index (χ1v) is 13.1. The normalized spacial score (nSPS) is 14.4. The van der Waals surface area contributed by atoms with E-state index in [9.17, 15) is 13.2 Å². The number of hydrogen-bond donors (Lipinski definition) is 0. The van der Waals surface area contributed by atoms with Crippen LogP contribution in [0.15, 0.2) is 89.8 Å². The molecule has 0 aromatic heterocycles. The molecule has 1 amide bonds. The Morgan fingerprint density at radius 3 is 2.03 bits per heavy atom. The lowest BCUT2D eigenvalue weighted by Gasteiger charge is -2.37. The maximum absolute atomic E-state index is 13.4. The van der Waals surface area contributed by atoms with Crippen molar-refractivity contribution in [3.63, 3.8) is 0 Å². The van der Waals surface area contributed by atoms with Crippen LogP contribution in [0.25, 0.3) is 0 Å². The fourth-order valence-electron chi connectivity index (χ4n) is 4.04. The Hall–Kier alpha value is -2.87. The van der Waals surface area contributed by atoms with Crippen LogP contribution in [0.2, 0.25) is 5.02 Å². The lowest BCUT2D eigenvalue weighted by Crippen LogP contribution is -2.52. The zero-order chi connectivity index (χ0) is 24.0. The summed E-state index contributed by atoms with van der Waals surface area (Å²) in [6.45, 7) is 2.56. The lowest BCUT2D eigenvalue weighted by molar-refractivity contribution is -0.131. The highest BCUT2D eigenvalue weighted by Gasteiger charge is 2.29. The van der Waals surface area contributed by atoms with Gasteiger partial charge in [-0.3, -0.25) is 4.79 Å². The second-order valence-corrected chi connectivity index (χ2v) is 10.6. The highest BCUT2D eigenvalue weighted by atomic mass is 35.5. The molecular formula is C26H28ClN3O3S. The van der Waals surface area contributed by atoms with E-state index in [1.807, 2.05) is 48.5 Å². The summed E-state index contributed by atoms with van der Waals surface area (Å²) >= 11 is 5.95. The molecule has 34 heavy (non-hydrogen) atoms. The number of benzene rings is 3. The standard InChI is InChI=1S/C26H28ClN3O3S/c27-23-11-13-25(14-12-23)34(32,33)30(16-15-22-7-3-1-4-8-22)21-26(31)29-19-17-28(18-20-29)24-9-5-2-6-10-24/h1-14H,15-21H2. The maximum Gasteiger partial charge on any atom is 0.243 e. The third-order valence-corrected chi connectivity index (χ3v) is 8.12. The summed E-state index contributed by atoms with van der Waals surface area (Å²) in [6.07, 6.45) is 0.517. The summed E-state index contributed by atoms with van der Waals surface area (Å²) in [5.74, 6) is -0.182. The molecule has 0 bridgehead atoms. The largest absolute Gasteiger partial charge is 0.368 e. The van der Waals surface area contributed by atoms with E-state index in [-0.39, 0.29) is 23.9 Å². The van der Waals surface area contributed by atoms with Crippen molar-refractivity contribution in [2.24, 2.45) is 0 Å². The molecule has 8 heteroatoms. The molecule has 4 rings (SSSR count). The number of carbonyl (C=O) groups excluding carboxylic acids is 1. The number of hydrogen-bond acceptors (Lipinski definition) is 4. The highest BCUT2D eigenvalue weighted by Crippen LogP contribution is 2.20. The molecule has 178 valence electrons. The Morgan fingerprint density at radius 2 is 1.41 bits per heavy atom. The summed E-state index contributed by atoms with van der Waals surface area (Å²) in [5.41, 5.74) is 2.15. The third-order valence-electron chi connectivity index (χ3n) is 6.01. The van der Waals surface area contributed by atoms with E-state index in [1.54, 1.807) is 17.0 Å². The first kappa shape index (κ1) is 24.3. The fraction of sp³-hybridized carbons (Fsp3) is 0.269. The molecular weight excluding hydrogens is 470 g/mol. The minimum Gasteiger partial charge on any atom is -0.368 e. The minimum atomic E-state index is -3.86. The van der Waals surface area contributed by atoms with Crippen LogP contribution in [-0.4, -0.2) is 62.8 Å². The van der Waals surface area contributed by atoms with Crippen LogP contribution in [0.5, 0.6) is 0 Å². The van der Waals surface area contributed by atoms with Gasteiger partial charge in [0, 0.05) is 43.4 Å². The van der Waals surface area contributed by atoms with Crippen LogP contribution in [0.1, 0.15) is 5.56 Å². The van der Waals surface area contributed by atoms with Crippen LogP contribution in [0, 0.1) is 0 Å². The molecule has 1 aliphatic rings. The number of rotatable bonds is 8. The molecule has 3 aromatic rings. The van der Waals surface area contributed by atoms with Crippen LogP contribution in [0.3, 0.4) is 0 Å². The van der Waals surface area contributed by atoms with Gasteiger partial charge in [-0.05, 0) is 48.4 Å². The summed E-state index contributed by atoms with van der Waals surface area (Å²) in [6, 6.07) is 25.8. The Bertz CT molecular complexity index is 1180. The molecule has 0 aliphatic carbocycles. The van der Waals surface area contributed by atoms with Crippen molar-refractivity contribution in [3.05, 3.63) is 95.5 Å². The maximum atomic E-state index is 13.4. The van der Waals surface area contributed by atoms with E-state index in [0.29, 0.717) is 37.6 Å². The number of para-hydroxylation sites is 1. The zero-order valence-electron chi connectivity index (χ0n) is 18.9. The Labute approximate surface area is 206 Å². The number of sulfonamides is 1. The molecule has 1 heterocycles. The van der Waals surface area contributed by atoms with Crippen molar-refractivity contribution in [2.75, 3.05) is 44.2 Å². The van der Waals surface area contributed by atoms with Crippen LogP contribution < -0.4 is 4.90 Å². The molecule has 0 atom stereocenters. The molecule has 1 aliphatic heterocycles. The third kappa shape index (κ3) is 5.97. The molecule has 0 unspecified atom stereocenters. The molecule has 0 saturated carbocycles. The van der Waals surface area contributed by atoms with Crippen molar-refractivity contribution in [3.8, 4) is 0 Å². The van der Waals surface area contributed by atoms with E-state index >= 15 is 0 Å². The van der Waals surface area contributed by atoms with E-state index in [4.69, 9.17) is 11.6 Å². The number of carbonyl (C=O) groups is 1. The molecule has 0 N–H and O–H groups in total. The quantitative estimate of drug-likeness (QED) is 0.473. The molecule has 1 fully saturated rings. The van der Waals surface area contributed by atoms with Gasteiger partial charge in [-0.1, -0.05) is 60.1 Å². The number of amides is 1. The Morgan fingerprint density at radius 1 is 0.824 bits per heavy atom. The number of nitrogens with zero attached hydrogens (tertiary/aromatic N) is 3. The van der Waals surface area contributed by atoms with Crippen LogP contribution in [-0.2, 0) is 21.2 Å². The van der Waals surface area contributed by atoms with Gasteiger partial charge < -0.3 is 9.80 Å². The average Bonchev–Trinajstić information content (AvgIpc) is 2.88. The average molecular weight is 498 g/mol. The minimum absolute atomic E-state index is 0.131. The predicted molar refractivity (Wildman–Crippen MR) is 136 cm³/mol. The van der Waals surface area contributed by atoms with Gasteiger partial charge in [0.1, 0.15) is 0 Å². The SMILES string of the molecule is O=C(CN(CCc1ccccc1)S(=O)(=O)c1ccc(Cl)cc1)N1CCN(c2ccccc2)CC1. The summed E-state index contributed by atoms with van der Waals surface area (Å²) in [7, 11) is -3.86. The van der Waals surface area contributed by atoms with Crippen LogP contribution in [0.4, 0.5) is 5.69 Å². The molecule has 0 spiro atoms. The summed E-state index contributed by atoms with van der Waals surface area (Å²) in [4.78, 5) is 17.3. The molecule has 0 radical (unpaired) electrons. The van der Waals surface area contributed by atoms with E-state index in [0.717, 1.165) is 11.3 Å². The number of piperazine rings is 1. The van der Waals surface area contributed by atoms with Crippen molar-refractivity contribution >= 4 is 33.2 Å². The predicted octanol–water partition coefficient (Wildman–Crippen LogP) is 3.92. The molecule has 6 nitrogen and oxygen atoms in total. The zero-order valence-corrected chi connectivity index (χ0v) is 20.5. The van der Waals surface area contributed by atoms with Gasteiger partial charge in [0.15, 0.2) is 0 Å². The fourth-order valence-corrected chi connectivity index (χ4v) is 5.56. The second-order valence-electron chi connectivity index (χ2n) is 8.23. The van der Waals surface area contributed by atoms with Gasteiger partial charge in [-0.2, -0.15) is 4.31 Å². The van der Waals surface area contributed by atoms with Gasteiger partial charge in [0.05, 0.1) is 11.4 Å². The van der Waals surface area contributed by atoms with Gasteiger partial charge in [0.2, 0.25) is 15.9 Å². The van der Waals surface area contributed by atoms with Crippen molar-refractivity contribution in [2.45, 2.75) is 11.3 Å². The van der Waals surface area contributed by atoms with E-state index < -0.39 is 10.0 Å². The van der Waals surface area contributed by atoms with Crippen molar-refractivity contribution < 1.29 is 13.2 Å². The Kier molecular flexibility index (Phi) is 7.88. The van der Waals surface area contributed by atoms with Crippen molar-refractivity contribution in [1.29, 1.82) is 0 Å². The second kappa shape index (κ2) is 11.0. The highest BCUT2D eigenvalue weighted by molar-refractivity contribution is 7.89. The molecule has 3 aromatic carbocycles.